The normalized spacial score (nSPS) is 12.9. The molecule has 14 heavy (non-hydrogen) atoms. The fourth-order valence-corrected chi connectivity index (χ4v) is 1.29. The van der Waals surface area contributed by atoms with E-state index in [4.69, 9.17) is 5.73 Å². The minimum Gasteiger partial charge on any atom is -0.329 e. The Bertz CT molecular complexity index is 294. The zero-order valence-corrected chi connectivity index (χ0v) is 9.30. The molecule has 78 valence electrons. The van der Waals surface area contributed by atoms with Crippen molar-refractivity contribution in [2.75, 3.05) is 6.54 Å². The Hall–Kier alpha value is -0.860. The molecular weight excluding hydrogens is 172 g/mol. The summed E-state index contributed by atoms with van der Waals surface area (Å²) in [7, 11) is 0. The molecule has 0 aliphatic carbocycles. The fraction of sp³-hybridized carbons (Fsp3) is 0.500. The van der Waals surface area contributed by atoms with Gasteiger partial charge in [-0.1, -0.05) is 18.2 Å². The van der Waals surface area contributed by atoms with Crippen LogP contribution in [0.2, 0.25) is 0 Å². The highest BCUT2D eigenvalue weighted by Gasteiger charge is 1.99. The van der Waals surface area contributed by atoms with Gasteiger partial charge in [0.05, 0.1) is 0 Å². The van der Waals surface area contributed by atoms with E-state index in [1.807, 2.05) is 0 Å². The number of hydrogen-bond donors (Lipinski definition) is 2. The molecule has 0 spiro atoms. The number of hydrogen-bond acceptors (Lipinski definition) is 2. The minimum atomic E-state index is 0.386. The molecule has 0 bridgehead atoms. The lowest BCUT2D eigenvalue weighted by Crippen LogP contribution is -2.32. The lowest BCUT2D eigenvalue weighted by molar-refractivity contribution is 0.556. The Labute approximate surface area is 86.5 Å². The van der Waals surface area contributed by atoms with Gasteiger partial charge < -0.3 is 11.1 Å². The zero-order chi connectivity index (χ0) is 10.6. The fourth-order valence-electron chi connectivity index (χ4n) is 1.29. The van der Waals surface area contributed by atoms with Crippen LogP contribution in [-0.2, 0) is 6.54 Å². The second-order valence-corrected chi connectivity index (χ2v) is 3.94. The number of rotatable bonds is 4. The first-order chi connectivity index (χ1) is 6.63. The summed E-state index contributed by atoms with van der Waals surface area (Å²) in [4.78, 5) is 0. The van der Waals surface area contributed by atoms with Gasteiger partial charge in [0.1, 0.15) is 0 Å². The van der Waals surface area contributed by atoms with Crippen LogP contribution in [0.15, 0.2) is 18.2 Å². The van der Waals surface area contributed by atoms with E-state index in [2.05, 4.69) is 44.3 Å². The molecule has 1 aromatic rings. The summed E-state index contributed by atoms with van der Waals surface area (Å²) in [6, 6.07) is 6.94. The van der Waals surface area contributed by atoms with Crippen molar-refractivity contribution in [1.82, 2.24) is 5.32 Å². The standard InChI is InChI=1S/C12H20N2/c1-9-4-5-12(6-10(9)2)8-14-11(3)7-13/h4-6,11,14H,7-8,13H2,1-3H3/t11-/m0/s1. The van der Waals surface area contributed by atoms with Crippen LogP contribution in [0.25, 0.3) is 0 Å². The Morgan fingerprint density at radius 3 is 2.57 bits per heavy atom. The van der Waals surface area contributed by atoms with Crippen LogP contribution >= 0.6 is 0 Å². The molecule has 2 heteroatoms. The van der Waals surface area contributed by atoms with E-state index < -0.39 is 0 Å². The Kier molecular flexibility index (Phi) is 4.11. The number of aryl methyl sites for hydroxylation is 2. The summed E-state index contributed by atoms with van der Waals surface area (Å²) in [6.45, 7) is 7.96. The maximum Gasteiger partial charge on any atom is 0.0208 e. The second-order valence-electron chi connectivity index (χ2n) is 3.94. The van der Waals surface area contributed by atoms with Crippen LogP contribution in [0, 0.1) is 13.8 Å². The summed E-state index contributed by atoms with van der Waals surface area (Å²) >= 11 is 0. The molecule has 3 N–H and O–H groups in total. The van der Waals surface area contributed by atoms with E-state index >= 15 is 0 Å². The molecular formula is C12H20N2. The maximum absolute atomic E-state index is 5.53. The van der Waals surface area contributed by atoms with E-state index in [1.54, 1.807) is 0 Å². The molecule has 0 amide bonds. The highest BCUT2D eigenvalue weighted by molar-refractivity contribution is 5.29. The highest BCUT2D eigenvalue weighted by atomic mass is 14.9. The summed E-state index contributed by atoms with van der Waals surface area (Å²) in [5.74, 6) is 0. The molecule has 0 saturated carbocycles. The molecule has 0 aliphatic heterocycles. The first-order valence-corrected chi connectivity index (χ1v) is 5.13. The maximum atomic E-state index is 5.53. The van der Waals surface area contributed by atoms with Crippen LogP contribution in [0.5, 0.6) is 0 Å². The highest BCUT2D eigenvalue weighted by Crippen LogP contribution is 2.09. The minimum absolute atomic E-state index is 0.386. The average molecular weight is 192 g/mol. The molecule has 1 rings (SSSR count). The Morgan fingerprint density at radius 2 is 2.00 bits per heavy atom. The topological polar surface area (TPSA) is 38.0 Å². The monoisotopic (exact) mass is 192 g/mol. The third-order valence-corrected chi connectivity index (χ3v) is 2.58. The van der Waals surface area contributed by atoms with Gasteiger partial charge in [-0.2, -0.15) is 0 Å². The lowest BCUT2D eigenvalue weighted by Gasteiger charge is -2.11. The number of nitrogens with two attached hydrogens (primary N) is 1. The van der Waals surface area contributed by atoms with Crippen molar-refractivity contribution in [3.63, 3.8) is 0 Å². The summed E-state index contributed by atoms with van der Waals surface area (Å²) < 4.78 is 0. The van der Waals surface area contributed by atoms with Crippen molar-refractivity contribution in [3.8, 4) is 0 Å². The first-order valence-electron chi connectivity index (χ1n) is 5.13. The van der Waals surface area contributed by atoms with Crippen LogP contribution in [-0.4, -0.2) is 12.6 Å². The molecule has 0 aromatic heterocycles. The van der Waals surface area contributed by atoms with Gasteiger partial charge in [-0.3, -0.25) is 0 Å². The quantitative estimate of drug-likeness (QED) is 0.762. The predicted molar refractivity (Wildman–Crippen MR) is 61.3 cm³/mol. The summed E-state index contributed by atoms with van der Waals surface area (Å²) in [5.41, 5.74) is 9.55. The molecule has 0 saturated heterocycles. The molecule has 0 unspecified atom stereocenters. The smallest absolute Gasteiger partial charge is 0.0208 e. The Balaban J connectivity index is 2.55. The molecule has 0 radical (unpaired) electrons. The third-order valence-electron chi connectivity index (χ3n) is 2.58. The molecule has 0 fully saturated rings. The lowest BCUT2D eigenvalue weighted by atomic mass is 10.1. The van der Waals surface area contributed by atoms with Gasteiger partial charge in [0.2, 0.25) is 0 Å². The van der Waals surface area contributed by atoms with E-state index in [9.17, 15) is 0 Å². The van der Waals surface area contributed by atoms with Crippen LogP contribution in [0.4, 0.5) is 0 Å². The van der Waals surface area contributed by atoms with Crippen molar-refractivity contribution < 1.29 is 0 Å². The summed E-state index contributed by atoms with van der Waals surface area (Å²) in [5, 5.41) is 3.37. The van der Waals surface area contributed by atoms with Crippen molar-refractivity contribution >= 4 is 0 Å². The van der Waals surface area contributed by atoms with Gasteiger partial charge in [0, 0.05) is 19.1 Å². The van der Waals surface area contributed by atoms with Crippen molar-refractivity contribution in [2.24, 2.45) is 5.73 Å². The van der Waals surface area contributed by atoms with Crippen molar-refractivity contribution in [1.29, 1.82) is 0 Å². The van der Waals surface area contributed by atoms with Crippen LogP contribution in [0.1, 0.15) is 23.6 Å². The van der Waals surface area contributed by atoms with Gasteiger partial charge in [-0.25, -0.2) is 0 Å². The number of benzene rings is 1. The molecule has 0 heterocycles. The summed E-state index contributed by atoms with van der Waals surface area (Å²) in [6.07, 6.45) is 0. The van der Waals surface area contributed by atoms with Crippen molar-refractivity contribution in [3.05, 3.63) is 34.9 Å². The largest absolute Gasteiger partial charge is 0.329 e. The molecule has 2 nitrogen and oxygen atoms in total. The average Bonchev–Trinajstić information content (AvgIpc) is 2.19. The van der Waals surface area contributed by atoms with Gasteiger partial charge in [-0.15, -0.1) is 0 Å². The first kappa shape index (κ1) is 11.2. The SMILES string of the molecule is Cc1ccc(CN[C@@H](C)CN)cc1C. The van der Waals surface area contributed by atoms with E-state index in [1.165, 1.54) is 16.7 Å². The predicted octanol–water partition coefficient (Wildman–Crippen LogP) is 1.74. The van der Waals surface area contributed by atoms with E-state index in [-0.39, 0.29) is 0 Å². The number of nitrogens with one attached hydrogen (secondary N) is 1. The van der Waals surface area contributed by atoms with Crippen LogP contribution in [0.3, 0.4) is 0 Å². The van der Waals surface area contributed by atoms with Crippen LogP contribution < -0.4 is 11.1 Å². The second kappa shape index (κ2) is 5.13. The van der Waals surface area contributed by atoms with Gasteiger partial charge >= 0.3 is 0 Å². The molecule has 0 aliphatic rings. The van der Waals surface area contributed by atoms with Crippen molar-refractivity contribution in [2.45, 2.75) is 33.4 Å². The van der Waals surface area contributed by atoms with E-state index in [0.717, 1.165) is 6.54 Å². The van der Waals surface area contributed by atoms with Gasteiger partial charge in [-0.05, 0) is 37.5 Å². The zero-order valence-electron chi connectivity index (χ0n) is 9.30. The Morgan fingerprint density at radius 1 is 1.29 bits per heavy atom. The third kappa shape index (κ3) is 3.13. The molecule has 1 aromatic carbocycles. The van der Waals surface area contributed by atoms with Gasteiger partial charge in [0.25, 0.3) is 0 Å². The van der Waals surface area contributed by atoms with Gasteiger partial charge in [0.15, 0.2) is 0 Å². The van der Waals surface area contributed by atoms with E-state index in [0.29, 0.717) is 12.6 Å². The molecule has 1 atom stereocenters.